The van der Waals surface area contributed by atoms with Crippen LogP contribution in [0.25, 0.3) is 10.8 Å². The molecule has 0 saturated carbocycles. The third-order valence-corrected chi connectivity index (χ3v) is 5.00. The van der Waals surface area contributed by atoms with Gasteiger partial charge in [-0.2, -0.15) is 0 Å². The number of benzene rings is 2. The zero-order chi connectivity index (χ0) is 14.8. The van der Waals surface area contributed by atoms with Crippen molar-refractivity contribution in [3.05, 3.63) is 68.8 Å². The second-order valence-corrected chi connectivity index (χ2v) is 7.44. The quantitative estimate of drug-likeness (QED) is 0.648. The molecule has 0 bridgehead atoms. The number of carbonyl (C=O) groups excluding carboxylic acids is 1. The zero-order valence-corrected chi connectivity index (χ0v) is 13.9. The number of carbonyl (C=O) groups is 1. The monoisotopic (exact) mass is 359 g/mol. The molecule has 0 N–H and O–H groups in total. The number of hydrogen-bond acceptors (Lipinski definition) is 2. The number of hydrogen-bond donors (Lipinski definition) is 0. The molecule has 106 valence electrons. The average molecular weight is 360 g/mol. The van der Waals surface area contributed by atoms with Crippen LogP contribution in [0.5, 0.6) is 0 Å². The largest absolute Gasteiger partial charge is 0.337 e. The minimum Gasteiger partial charge on any atom is -0.337 e. The number of amides is 1. The third-order valence-electron chi connectivity index (χ3n) is 3.39. The van der Waals surface area contributed by atoms with E-state index >= 15 is 0 Å². The third kappa shape index (κ3) is 3.01. The van der Waals surface area contributed by atoms with E-state index in [0.717, 1.165) is 25.0 Å². The maximum Gasteiger partial charge on any atom is 0.254 e. The zero-order valence-electron chi connectivity index (χ0n) is 11.5. The summed E-state index contributed by atoms with van der Waals surface area (Å²) < 4.78 is 1.09. The van der Waals surface area contributed by atoms with Crippen molar-refractivity contribution in [2.75, 3.05) is 7.05 Å². The number of rotatable bonds is 3. The summed E-state index contributed by atoms with van der Waals surface area (Å²) >= 11 is 5.11. The van der Waals surface area contributed by atoms with Gasteiger partial charge in [-0.1, -0.05) is 36.4 Å². The lowest BCUT2D eigenvalue weighted by Crippen LogP contribution is -2.25. The molecule has 4 heteroatoms. The molecule has 0 aliphatic heterocycles. The molecule has 0 atom stereocenters. The van der Waals surface area contributed by atoms with E-state index in [-0.39, 0.29) is 5.91 Å². The molecule has 0 fully saturated rings. The molecular formula is C17H14BrNOS. The maximum atomic E-state index is 12.7. The van der Waals surface area contributed by atoms with Crippen molar-refractivity contribution in [1.29, 1.82) is 0 Å². The van der Waals surface area contributed by atoms with Crippen LogP contribution in [0.2, 0.25) is 0 Å². The maximum absolute atomic E-state index is 12.7. The van der Waals surface area contributed by atoms with Crippen LogP contribution in [0.15, 0.2) is 58.4 Å². The van der Waals surface area contributed by atoms with E-state index in [1.807, 2.05) is 61.6 Å². The van der Waals surface area contributed by atoms with Crippen LogP contribution in [-0.4, -0.2) is 17.9 Å². The van der Waals surface area contributed by atoms with Crippen molar-refractivity contribution < 1.29 is 4.79 Å². The van der Waals surface area contributed by atoms with E-state index in [4.69, 9.17) is 0 Å². The summed E-state index contributed by atoms with van der Waals surface area (Å²) in [5.41, 5.74) is 0.756. The first-order valence-corrected chi connectivity index (χ1v) is 8.23. The van der Waals surface area contributed by atoms with Crippen molar-refractivity contribution in [3.8, 4) is 0 Å². The Morgan fingerprint density at radius 1 is 1.10 bits per heavy atom. The van der Waals surface area contributed by atoms with Gasteiger partial charge in [0.15, 0.2) is 0 Å². The smallest absolute Gasteiger partial charge is 0.254 e. The lowest BCUT2D eigenvalue weighted by atomic mass is 10.0. The molecular weight excluding hydrogens is 346 g/mol. The summed E-state index contributed by atoms with van der Waals surface area (Å²) in [5, 5.41) is 2.10. The summed E-state index contributed by atoms with van der Waals surface area (Å²) in [6.45, 7) is 0.623. The highest BCUT2D eigenvalue weighted by molar-refractivity contribution is 9.11. The number of thiophene rings is 1. The normalized spacial score (nSPS) is 10.8. The van der Waals surface area contributed by atoms with Crippen LogP contribution in [-0.2, 0) is 6.54 Å². The van der Waals surface area contributed by atoms with Crippen molar-refractivity contribution >= 4 is 43.9 Å². The van der Waals surface area contributed by atoms with Crippen molar-refractivity contribution in [2.24, 2.45) is 0 Å². The highest BCUT2D eigenvalue weighted by Gasteiger charge is 2.15. The lowest BCUT2D eigenvalue weighted by Gasteiger charge is -2.17. The second-order valence-electron chi connectivity index (χ2n) is 4.89. The van der Waals surface area contributed by atoms with E-state index in [9.17, 15) is 4.79 Å². The standard InChI is InChI=1S/C17H14BrNOS/c1-19(11-13-9-10-16(18)21-13)17(20)15-8-4-6-12-5-2-3-7-14(12)15/h2-10H,11H2,1H3. The molecule has 0 spiro atoms. The summed E-state index contributed by atoms with van der Waals surface area (Å²) in [4.78, 5) is 15.6. The molecule has 0 unspecified atom stereocenters. The minimum atomic E-state index is 0.0522. The Hall–Kier alpha value is -1.65. The summed E-state index contributed by atoms with van der Waals surface area (Å²) in [6, 6.07) is 17.9. The topological polar surface area (TPSA) is 20.3 Å². The molecule has 2 nitrogen and oxygen atoms in total. The molecule has 0 aliphatic rings. The van der Waals surface area contributed by atoms with Crippen molar-refractivity contribution in [1.82, 2.24) is 4.90 Å². The van der Waals surface area contributed by atoms with Gasteiger partial charge in [0, 0.05) is 17.5 Å². The van der Waals surface area contributed by atoms with E-state index < -0.39 is 0 Å². The van der Waals surface area contributed by atoms with Crippen molar-refractivity contribution in [2.45, 2.75) is 6.54 Å². The minimum absolute atomic E-state index is 0.0522. The van der Waals surface area contributed by atoms with Gasteiger partial charge in [-0.15, -0.1) is 11.3 Å². The van der Waals surface area contributed by atoms with Gasteiger partial charge in [-0.05, 0) is 44.9 Å². The molecule has 2 aromatic carbocycles. The fourth-order valence-corrected chi connectivity index (χ4v) is 3.90. The van der Waals surface area contributed by atoms with Crippen LogP contribution in [0.1, 0.15) is 15.2 Å². The van der Waals surface area contributed by atoms with Crippen LogP contribution in [0.4, 0.5) is 0 Å². The highest BCUT2D eigenvalue weighted by Crippen LogP contribution is 2.24. The Labute approximate surface area is 136 Å². The van der Waals surface area contributed by atoms with Crippen LogP contribution in [0.3, 0.4) is 0 Å². The molecule has 1 aromatic heterocycles. The number of halogens is 1. The van der Waals surface area contributed by atoms with Gasteiger partial charge in [0.05, 0.1) is 10.3 Å². The highest BCUT2D eigenvalue weighted by atomic mass is 79.9. The molecule has 1 amide bonds. The SMILES string of the molecule is CN(Cc1ccc(Br)s1)C(=O)c1cccc2ccccc12. The fraction of sp³-hybridized carbons (Fsp3) is 0.118. The summed E-state index contributed by atoms with van der Waals surface area (Å²) in [7, 11) is 1.84. The molecule has 0 radical (unpaired) electrons. The fourth-order valence-electron chi connectivity index (χ4n) is 2.36. The van der Waals surface area contributed by atoms with Gasteiger partial charge in [-0.25, -0.2) is 0 Å². The Bertz CT molecular complexity index is 791. The van der Waals surface area contributed by atoms with E-state index in [0.29, 0.717) is 6.54 Å². The number of fused-ring (bicyclic) bond motifs is 1. The van der Waals surface area contributed by atoms with Crippen LogP contribution >= 0.6 is 27.3 Å². The van der Waals surface area contributed by atoms with Crippen LogP contribution < -0.4 is 0 Å². The van der Waals surface area contributed by atoms with Crippen molar-refractivity contribution in [3.63, 3.8) is 0 Å². The molecule has 1 heterocycles. The molecule has 3 aromatic rings. The molecule has 0 saturated heterocycles. The lowest BCUT2D eigenvalue weighted by molar-refractivity contribution is 0.0788. The van der Waals surface area contributed by atoms with Gasteiger partial charge in [0.25, 0.3) is 5.91 Å². The second kappa shape index (κ2) is 6.00. The first-order valence-electron chi connectivity index (χ1n) is 6.62. The number of nitrogens with zero attached hydrogens (tertiary/aromatic N) is 1. The Kier molecular flexibility index (Phi) is 4.08. The van der Waals surface area contributed by atoms with Gasteiger partial charge in [0.2, 0.25) is 0 Å². The van der Waals surface area contributed by atoms with E-state index in [1.165, 1.54) is 0 Å². The Balaban J connectivity index is 1.89. The Morgan fingerprint density at radius 3 is 2.62 bits per heavy atom. The van der Waals surface area contributed by atoms with E-state index in [2.05, 4.69) is 15.9 Å². The van der Waals surface area contributed by atoms with E-state index in [1.54, 1.807) is 16.2 Å². The first-order chi connectivity index (χ1) is 10.1. The van der Waals surface area contributed by atoms with Gasteiger partial charge < -0.3 is 4.90 Å². The van der Waals surface area contributed by atoms with Gasteiger partial charge >= 0.3 is 0 Å². The molecule has 21 heavy (non-hydrogen) atoms. The van der Waals surface area contributed by atoms with Crippen LogP contribution in [0, 0.1) is 0 Å². The predicted octanol–water partition coefficient (Wildman–Crippen LogP) is 4.94. The average Bonchev–Trinajstić information content (AvgIpc) is 2.91. The predicted molar refractivity (Wildman–Crippen MR) is 91.8 cm³/mol. The van der Waals surface area contributed by atoms with Gasteiger partial charge in [0.1, 0.15) is 0 Å². The molecule has 3 rings (SSSR count). The summed E-state index contributed by atoms with van der Waals surface area (Å²) in [6.07, 6.45) is 0. The first kappa shape index (κ1) is 14.3. The Morgan fingerprint density at radius 2 is 1.86 bits per heavy atom. The molecule has 0 aliphatic carbocycles. The van der Waals surface area contributed by atoms with Gasteiger partial charge in [-0.3, -0.25) is 4.79 Å². The summed E-state index contributed by atoms with van der Waals surface area (Å²) in [5.74, 6) is 0.0522.